The summed E-state index contributed by atoms with van der Waals surface area (Å²) in [5.74, 6) is 0. The second kappa shape index (κ2) is 22.9. The molecule has 0 N–H and O–H groups in total. The molecule has 0 radical (unpaired) electrons. The van der Waals surface area contributed by atoms with Crippen LogP contribution in [0.3, 0.4) is 0 Å². The summed E-state index contributed by atoms with van der Waals surface area (Å²) in [7, 11) is -12.3. The number of rotatable bonds is 0. The van der Waals surface area contributed by atoms with Crippen LogP contribution >= 0.6 is 0 Å². The minimum atomic E-state index is -6.17. The summed E-state index contributed by atoms with van der Waals surface area (Å²) in [5, 5.41) is 103. The Bertz CT molecular complexity index is 901. The minimum absolute atomic E-state index is 0. The predicted octanol–water partition coefficient (Wildman–Crippen LogP) is -18.4. The third-order valence-corrected chi connectivity index (χ3v) is 9.78. The Hall–Kier alpha value is 6.37. The van der Waals surface area contributed by atoms with E-state index in [4.69, 9.17) is 63.1 Å². The molecule has 21 heteroatoms. The average molecular weight is 699 g/mol. The van der Waals surface area contributed by atoms with Gasteiger partial charge in [0.25, 0.3) is 0 Å². The molecule has 0 amide bonds. The molecule has 0 aromatic carbocycles. The SMILES string of the molecule is N#[C][Fe-3]([C]#N)([C]#N)([C]#N)([C]#N)[C]#N.N#[C][Fe-3]([C]#N)([C]#N)([C]#N)([C]#N)[C]#N.[K+].[K+].[K+].[K+].[K+].[K+].[KH]. The molecular weight excluding hydrogens is 698 g/mol. The first-order chi connectivity index (χ1) is 11.9. The van der Waals surface area contributed by atoms with E-state index in [1.165, 1.54) is 0 Å². The molecule has 0 spiro atoms. The zero-order valence-electron chi connectivity index (χ0n) is 18.1. The average Bonchev–Trinajstić information content (AvgIpc) is 2.77. The van der Waals surface area contributed by atoms with Gasteiger partial charge >= 0.3 is 504 Å². The fourth-order valence-corrected chi connectivity index (χ4v) is 2.19. The van der Waals surface area contributed by atoms with E-state index in [0.29, 0.717) is 0 Å². The molecule has 12 nitrogen and oxygen atoms in total. The molecule has 0 aliphatic rings. The fraction of sp³-hybridized carbons (Fsp3) is 0. The monoisotopic (exact) mass is 698 g/mol. The first kappa shape index (κ1) is 62.8. The van der Waals surface area contributed by atoms with Crippen LogP contribution in [0.4, 0.5) is 0 Å². The maximum atomic E-state index is 8.58. The van der Waals surface area contributed by atoms with Crippen LogP contribution in [0.5, 0.6) is 0 Å². The van der Waals surface area contributed by atoms with E-state index < -0.39 is 21.5 Å². The van der Waals surface area contributed by atoms with Gasteiger partial charge in [-0.3, -0.25) is 0 Å². The predicted molar refractivity (Wildman–Crippen MR) is 74.5 cm³/mol. The molecule has 0 atom stereocenters. The third-order valence-electron chi connectivity index (χ3n) is 2.37. The van der Waals surface area contributed by atoms with E-state index in [2.05, 4.69) is 0 Å². The number of hydrogen-bond acceptors (Lipinski definition) is 12. The van der Waals surface area contributed by atoms with Crippen molar-refractivity contribution >= 4 is 51.4 Å². The van der Waals surface area contributed by atoms with Crippen LogP contribution in [0.15, 0.2) is 0 Å². The van der Waals surface area contributed by atoms with E-state index in [9.17, 15) is 0 Å². The third kappa shape index (κ3) is 11.5. The van der Waals surface area contributed by atoms with E-state index in [-0.39, 0.29) is 360 Å². The quantitative estimate of drug-likeness (QED) is 0.213. The van der Waals surface area contributed by atoms with E-state index >= 15 is 0 Å². The molecule has 0 saturated carbocycles. The fourth-order valence-electron chi connectivity index (χ4n) is 0.530. The summed E-state index contributed by atoms with van der Waals surface area (Å²) in [4.78, 5) is 12.4. The summed E-state index contributed by atoms with van der Waals surface area (Å²) >= 11 is 0. The van der Waals surface area contributed by atoms with E-state index in [1.54, 1.807) is 0 Å². The van der Waals surface area contributed by atoms with Gasteiger partial charge in [-0.2, -0.15) is 0 Å². The van der Waals surface area contributed by atoms with Gasteiger partial charge in [0.2, 0.25) is 0 Å². The van der Waals surface area contributed by atoms with Gasteiger partial charge in [-0.15, -0.1) is 0 Å². The van der Waals surface area contributed by atoms with Gasteiger partial charge in [-0.05, 0) is 0 Å². The Balaban J connectivity index is -0.0000000411. The van der Waals surface area contributed by atoms with Crippen molar-refractivity contribution in [2.75, 3.05) is 0 Å². The summed E-state index contributed by atoms with van der Waals surface area (Å²) in [5.41, 5.74) is 0. The molecule has 0 aromatic rings. The molecule has 0 bridgehead atoms. The van der Waals surface area contributed by atoms with Gasteiger partial charge in [-0.1, -0.05) is 0 Å². The summed E-state index contributed by atoms with van der Waals surface area (Å²) in [6.45, 7) is 0. The summed E-state index contributed by atoms with van der Waals surface area (Å²) in [6.07, 6.45) is 0. The van der Waals surface area contributed by atoms with Gasteiger partial charge in [0.15, 0.2) is 0 Å². The molecule has 0 unspecified atom stereocenters. The van der Waals surface area contributed by atoms with Gasteiger partial charge in [0.05, 0.1) is 0 Å². The van der Waals surface area contributed by atoms with Crippen molar-refractivity contribution in [1.82, 2.24) is 0 Å². The normalized spacial score (nSPS) is 10.5. The van der Waals surface area contributed by atoms with Crippen LogP contribution < -0.4 is 308 Å². The molecule has 0 aliphatic heterocycles. The van der Waals surface area contributed by atoms with Gasteiger partial charge in [0, 0.05) is 0 Å². The van der Waals surface area contributed by atoms with Crippen LogP contribution in [0.2, 0.25) is 0 Å². The van der Waals surface area contributed by atoms with Crippen molar-refractivity contribution in [1.29, 1.82) is 63.1 Å². The van der Waals surface area contributed by atoms with Crippen molar-refractivity contribution in [3.63, 3.8) is 0 Å². The van der Waals surface area contributed by atoms with Gasteiger partial charge < -0.3 is 0 Å². The van der Waals surface area contributed by atoms with Crippen molar-refractivity contribution in [3.05, 3.63) is 0 Å². The number of nitriles is 12. The molecule has 0 rings (SSSR count). The summed E-state index contributed by atoms with van der Waals surface area (Å²) < 4.78 is 0. The van der Waals surface area contributed by atoms with Crippen LogP contribution in [-0.4, -0.2) is 51.4 Å². The Kier molecular flexibility index (Phi) is 43.6. The number of hydrogen-bond donors (Lipinski definition) is 0. The Morgan fingerprint density at radius 1 is 0.242 bits per heavy atom. The Morgan fingerprint density at radius 2 is 0.303 bits per heavy atom. The number of nitrogens with zero attached hydrogens (tertiary/aromatic N) is 12. The molecule has 0 aromatic heterocycles. The zero-order valence-corrected chi connectivity index (χ0v) is 39.0. The standard InChI is InChI=1S/12CN.2Fe.7K.H/c12*1-2;;;;;;;;;;/q;;;;;;;;;;;;2*-3;;6*+1;. The molecule has 0 fully saturated rings. The van der Waals surface area contributed by atoms with Crippen LogP contribution in [0.25, 0.3) is 0 Å². The van der Waals surface area contributed by atoms with Crippen LogP contribution in [-0.2, 0) is 21.5 Å². The Morgan fingerprint density at radius 3 is 0.303 bits per heavy atom. The molecule has 0 heterocycles. The van der Waals surface area contributed by atoms with Crippen molar-refractivity contribution in [2.24, 2.45) is 0 Å². The van der Waals surface area contributed by atoms with Crippen LogP contribution in [0, 0.1) is 123 Å². The Labute approximate surface area is 486 Å². The molecule has 0 aliphatic carbocycles. The van der Waals surface area contributed by atoms with E-state index in [1.807, 2.05) is 0 Å². The van der Waals surface area contributed by atoms with Crippen molar-refractivity contribution in [2.45, 2.75) is 0 Å². The maximum absolute atomic E-state index is 8.58. The second-order valence-electron chi connectivity index (χ2n) is 3.60. The van der Waals surface area contributed by atoms with Crippen molar-refractivity contribution < 1.29 is 330 Å². The zero-order chi connectivity index (χ0) is 21.3. The second-order valence-corrected chi connectivity index (χ2v) is 14.8. The first-order valence-corrected chi connectivity index (χ1v) is 11.4. The van der Waals surface area contributed by atoms with Crippen molar-refractivity contribution in [3.8, 4) is 59.6 Å². The molecule has 0 saturated heterocycles. The van der Waals surface area contributed by atoms with Gasteiger partial charge in [-0.25, -0.2) is 0 Å². The topological polar surface area (TPSA) is 285 Å². The molecular formula is C12HFe2K7N12. The first-order valence-electron chi connectivity index (χ1n) is 4.80. The molecule has 33 heavy (non-hydrogen) atoms. The summed E-state index contributed by atoms with van der Waals surface area (Å²) in [6, 6.07) is 0. The van der Waals surface area contributed by atoms with E-state index in [0.717, 1.165) is 59.6 Å². The van der Waals surface area contributed by atoms with Gasteiger partial charge in [0.1, 0.15) is 0 Å². The molecule has 132 valence electrons. The van der Waals surface area contributed by atoms with Crippen LogP contribution in [0.1, 0.15) is 0 Å².